The van der Waals surface area contributed by atoms with Crippen molar-refractivity contribution in [3.05, 3.63) is 16.9 Å². The summed E-state index contributed by atoms with van der Waals surface area (Å²) in [6.45, 7) is 2.58. The van der Waals surface area contributed by atoms with Gasteiger partial charge in [0.25, 0.3) is 0 Å². The van der Waals surface area contributed by atoms with Crippen LogP contribution in [0.2, 0.25) is 5.02 Å². The van der Waals surface area contributed by atoms with Gasteiger partial charge < -0.3 is 9.84 Å². The molecule has 1 aliphatic carbocycles. The minimum Gasteiger partial charge on any atom is -0.384 e. The van der Waals surface area contributed by atoms with Crippen LogP contribution >= 0.6 is 11.6 Å². The van der Waals surface area contributed by atoms with Gasteiger partial charge in [-0.05, 0) is 19.8 Å². The largest absolute Gasteiger partial charge is 0.384 e. The summed E-state index contributed by atoms with van der Waals surface area (Å²) in [5, 5.41) is 15.5. The van der Waals surface area contributed by atoms with E-state index in [9.17, 15) is 5.11 Å². The summed E-state index contributed by atoms with van der Waals surface area (Å²) >= 11 is 6.16. The van der Waals surface area contributed by atoms with Crippen molar-refractivity contribution in [1.29, 1.82) is 0 Å². The molecule has 2 rings (SSSR count). The zero-order valence-corrected chi connectivity index (χ0v) is 12.5. The molecule has 0 spiro atoms. The van der Waals surface area contributed by atoms with Crippen molar-refractivity contribution in [2.24, 2.45) is 7.05 Å². The third-order valence-corrected chi connectivity index (χ3v) is 4.37. The third-order valence-electron chi connectivity index (χ3n) is 4.08. The fourth-order valence-electron chi connectivity index (χ4n) is 3.09. The fraction of sp³-hybridized carbons (Fsp3) is 0.786. The number of rotatable bonds is 4. The van der Waals surface area contributed by atoms with Crippen LogP contribution in [0.1, 0.15) is 57.2 Å². The van der Waals surface area contributed by atoms with E-state index in [4.69, 9.17) is 16.3 Å². The third kappa shape index (κ3) is 2.96. The molecule has 1 fully saturated rings. The van der Waals surface area contributed by atoms with Crippen LogP contribution in [0.4, 0.5) is 0 Å². The van der Waals surface area contributed by atoms with Crippen molar-refractivity contribution in [3.63, 3.8) is 0 Å². The van der Waals surface area contributed by atoms with E-state index in [0.717, 1.165) is 25.7 Å². The number of aryl methyl sites for hydroxylation is 1. The highest BCUT2D eigenvalue weighted by molar-refractivity contribution is 6.31. The first-order chi connectivity index (χ1) is 9.10. The first-order valence-electron chi connectivity index (χ1n) is 7.10. The van der Waals surface area contributed by atoms with Crippen LogP contribution in [-0.2, 0) is 11.8 Å². The Kier molecular flexibility index (Phi) is 4.87. The Morgan fingerprint density at radius 3 is 2.53 bits per heavy atom. The number of hydrogen-bond acceptors (Lipinski definition) is 3. The lowest BCUT2D eigenvalue weighted by molar-refractivity contribution is -0.133. The first-order valence-corrected chi connectivity index (χ1v) is 7.48. The lowest BCUT2D eigenvalue weighted by atomic mass is 9.86. The molecule has 1 heterocycles. The highest BCUT2D eigenvalue weighted by atomic mass is 35.5. The number of halogens is 1. The number of ether oxygens (including phenoxy) is 1. The Labute approximate surface area is 119 Å². The summed E-state index contributed by atoms with van der Waals surface area (Å²) in [6.07, 6.45) is 7.22. The van der Waals surface area contributed by atoms with Crippen LogP contribution in [0.15, 0.2) is 6.20 Å². The minimum atomic E-state index is -0.717. The van der Waals surface area contributed by atoms with Crippen molar-refractivity contribution >= 4 is 11.6 Å². The normalized spacial score (nSPS) is 21.1. The number of aromatic nitrogens is 2. The van der Waals surface area contributed by atoms with E-state index in [1.54, 1.807) is 17.9 Å². The van der Waals surface area contributed by atoms with Gasteiger partial charge in [0, 0.05) is 13.7 Å². The maximum Gasteiger partial charge on any atom is 0.126 e. The summed E-state index contributed by atoms with van der Waals surface area (Å²) in [7, 11) is 1.81. The average molecular weight is 287 g/mol. The van der Waals surface area contributed by atoms with Gasteiger partial charge in [-0.2, -0.15) is 5.10 Å². The molecule has 1 unspecified atom stereocenters. The molecule has 0 radical (unpaired) electrons. The van der Waals surface area contributed by atoms with Crippen molar-refractivity contribution in [2.75, 3.05) is 6.61 Å². The van der Waals surface area contributed by atoms with Gasteiger partial charge in [-0.1, -0.05) is 37.3 Å². The van der Waals surface area contributed by atoms with Crippen molar-refractivity contribution in [2.45, 2.75) is 57.2 Å². The molecule has 5 heteroatoms. The molecule has 1 aromatic rings. The van der Waals surface area contributed by atoms with Gasteiger partial charge in [0.05, 0.1) is 22.5 Å². The molecule has 0 aromatic carbocycles. The summed E-state index contributed by atoms with van der Waals surface area (Å²) in [5.74, 6) is 0. The Hall–Kier alpha value is -0.580. The second kappa shape index (κ2) is 6.25. The van der Waals surface area contributed by atoms with Crippen LogP contribution in [0.5, 0.6) is 0 Å². The minimum absolute atomic E-state index is 0.511. The highest BCUT2D eigenvalue weighted by Crippen LogP contribution is 2.42. The molecule has 1 atom stereocenters. The van der Waals surface area contributed by atoms with E-state index >= 15 is 0 Å². The van der Waals surface area contributed by atoms with E-state index in [2.05, 4.69) is 5.10 Å². The highest BCUT2D eigenvalue weighted by Gasteiger charge is 2.42. The molecule has 1 N–H and O–H groups in total. The van der Waals surface area contributed by atoms with Gasteiger partial charge in [0.2, 0.25) is 0 Å². The van der Waals surface area contributed by atoms with Crippen LogP contribution in [0, 0.1) is 0 Å². The molecule has 0 amide bonds. The van der Waals surface area contributed by atoms with Crippen molar-refractivity contribution in [3.8, 4) is 0 Å². The second-order valence-electron chi connectivity index (χ2n) is 5.32. The molecule has 0 saturated heterocycles. The maximum atomic E-state index is 10.8. The SMILES string of the molecule is CCOC1(C(O)c2c(Cl)cnn2C)CCCCCC1. The first kappa shape index (κ1) is 14.8. The molecule has 0 bridgehead atoms. The Morgan fingerprint density at radius 1 is 1.42 bits per heavy atom. The Morgan fingerprint density at radius 2 is 2.05 bits per heavy atom. The van der Waals surface area contributed by atoms with E-state index in [1.165, 1.54) is 12.8 Å². The van der Waals surface area contributed by atoms with Gasteiger partial charge in [-0.25, -0.2) is 0 Å². The van der Waals surface area contributed by atoms with E-state index in [0.29, 0.717) is 17.3 Å². The van der Waals surface area contributed by atoms with E-state index < -0.39 is 11.7 Å². The van der Waals surface area contributed by atoms with Crippen molar-refractivity contribution < 1.29 is 9.84 Å². The van der Waals surface area contributed by atoms with Crippen LogP contribution in [0.3, 0.4) is 0 Å². The van der Waals surface area contributed by atoms with Crippen molar-refractivity contribution in [1.82, 2.24) is 9.78 Å². The number of aliphatic hydroxyl groups is 1. The molecule has 108 valence electrons. The van der Waals surface area contributed by atoms with Gasteiger partial charge >= 0.3 is 0 Å². The second-order valence-corrected chi connectivity index (χ2v) is 5.72. The standard InChI is InChI=1S/C14H23ClN2O2/c1-3-19-14(8-6-4-5-7-9-14)13(18)12-11(15)10-16-17(12)2/h10,13,18H,3-9H2,1-2H3. The van der Waals surface area contributed by atoms with E-state index in [-0.39, 0.29) is 0 Å². The summed E-state index contributed by atoms with van der Waals surface area (Å²) in [4.78, 5) is 0. The predicted octanol–water partition coefficient (Wildman–Crippen LogP) is 3.24. The quantitative estimate of drug-likeness (QED) is 0.865. The van der Waals surface area contributed by atoms with Crippen LogP contribution in [-0.4, -0.2) is 27.1 Å². The monoisotopic (exact) mass is 286 g/mol. The fourth-order valence-corrected chi connectivity index (χ4v) is 3.36. The van der Waals surface area contributed by atoms with Gasteiger partial charge in [-0.15, -0.1) is 0 Å². The van der Waals surface area contributed by atoms with Gasteiger partial charge in [0.15, 0.2) is 0 Å². The lowest BCUT2D eigenvalue weighted by Crippen LogP contribution is -2.40. The molecule has 0 aliphatic heterocycles. The number of aliphatic hydroxyl groups excluding tert-OH is 1. The lowest BCUT2D eigenvalue weighted by Gasteiger charge is -2.37. The zero-order chi connectivity index (χ0) is 13.9. The molecule has 1 aromatic heterocycles. The molecule has 1 saturated carbocycles. The predicted molar refractivity (Wildman–Crippen MR) is 75.2 cm³/mol. The molecular weight excluding hydrogens is 264 g/mol. The summed E-state index contributed by atoms with van der Waals surface area (Å²) < 4.78 is 7.65. The Balaban J connectivity index is 2.32. The maximum absolute atomic E-state index is 10.8. The molecule has 19 heavy (non-hydrogen) atoms. The van der Waals surface area contributed by atoms with Crippen LogP contribution < -0.4 is 0 Å². The summed E-state index contributed by atoms with van der Waals surface area (Å²) in [5.41, 5.74) is 0.153. The zero-order valence-electron chi connectivity index (χ0n) is 11.7. The summed E-state index contributed by atoms with van der Waals surface area (Å²) in [6, 6.07) is 0. The van der Waals surface area contributed by atoms with Crippen LogP contribution in [0.25, 0.3) is 0 Å². The average Bonchev–Trinajstić information content (AvgIpc) is 2.61. The molecule has 1 aliphatic rings. The van der Waals surface area contributed by atoms with Gasteiger partial charge in [-0.3, -0.25) is 4.68 Å². The number of hydrogen-bond donors (Lipinski definition) is 1. The molecule has 4 nitrogen and oxygen atoms in total. The number of nitrogens with zero attached hydrogens (tertiary/aromatic N) is 2. The smallest absolute Gasteiger partial charge is 0.126 e. The van der Waals surface area contributed by atoms with E-state index in [1.807, 2.05) is 6.92 Å². The molecular formula is C14H23ClN2O2. The topological polar surface area (TPSA) is 47.3 Å². The Bertz CT molecular complexity index is 392. The van der Waals surface area contributed by atoms with Gasteiger partial charge in [0.1, 0.15) is 6.10 Å².